The van der Waals surface area contributed by atoms with Crippen molar-refractivity contribution in [2.45, 2.75) is 39.5 Å². The average Bonchev–Trinajstić information content (AvgIpc) is 2.60. The van der Waals surface area contributed by atoms with Crippen LogP contribution in [0.4, 0.5) is 0 Å². The molecule has 1 saturated heterocycles. The van der Waals surface area contributed by atoms with E-state index in [1.54, 1.807) is 0 Å². The molecule has 2 rings (SSSR count). The van der Waals surface area contributed by atoms with E-state index in [1.807, 2.05) is 18.3 Å². The summed E-state index contributed by atoms with van der Waals surface area (Å²) >= 11 is 0. The third-order valence-electron chi connectivity index (χ3n) is 4.39. The Kier molecular flexibility index (Phi) is 8.60. The number of likely N-dealkylation sites (tertiary alicyclic amines) is 1. The van der Waals surface area contributed by atoms with E-state index >= 15 is 0 Å². The Morgan fingerprint density at radius 2 is 2.29 bits per heavy atom. The lowest BCUT2D eigenvalue weighted by Gasteiger charge is -2.30. The summed E-state index contributed by atoms with van der Waals surface area (Å²) < 4.78 is 0. The molecule has 1 aromatic heterocycles. The molecule has 24 heavy (non-hydrogen) atoms. The fraction of sp³-hybridized carbons (Fsp3) is 0.684. The Bertz CT molecular complexity index is 474. The van der Waals surface area contributed by atoms with Gasteiger partial charge in [0.05, 0.1) is 0 Å². The van der Waals surface area contributed by atoms with Crippen LogP contribution in [0.1, 0.15) is 38.8 Å². The lowest BCUT2D eigenvalue weighted by Crippen LogP contribution is -2.39. The molecule has 5 nitrogen and oxygen atoms in total. The van der Waals surface area contributed by atoms with E-state index in [-0.39, 0.29) is 0 Å². The molecule has 0 radical (unpaired) electrons. The molecule has 0 aliphatic carbocycles. The number of aliphatic imine (C=N–C) groups is 1. The standard InChI is InChI=1S/C19H33N5/c1-3-20-19(23-13-10-18-9-4-5-11-21-18)22-12-7-15-24-14-6-8-17(2)16-24/h4-5,9,11,17H,3,6-8,10,12-16H2,1-2H3,(H2,20,22,23). The Morgan fingerprint density at radius 3 is 3.04 bits per heavy atom. The summed E-state index contributed by atoms with van der Waals surface area (Å²) in [6.07, 6.45) is 6.62. The van der Waals surface area contributed by atoms with Crippen LogP contribution in [0.15, 0.2) is 29.4 Å². The molecule has 1 atom stereocenters. The fourth-order valence-corrected chi connectivity index (χ4v) is 3.17. The lowest BCUT2D eigenvalue weighted by atomic mass is 10.0. The summed E-state index contributed by atoms with van der Waals surface area (Å²) in [5, 5.41) is 6.72. The Morgan fingerprint density at radius 1 is 1.38 bits per heavy atom. The number of hydrogen-bond donors (Lipinski definition) is 2. The van der Waals surface area contributed by atoms with Crippen LogP contribution in [-0.2, 0) is 6.42 Å². The number of piperidine rings is 1. The van der Waals surface area contributed by atoms with Gasteiger partial charge in [0.15, 0.2) is 5.96 Å². The van der Waals surface area contributed by atoms with Crippen molar-refractivity contribution in [1.29, 1.82) is 0 Å². The van der Waals surface area contributed by atoms with Crippen molar-refractivity contribution in [1.82, 2.24) is 20.5 Å². The minimum Gasteiger partial charge on any atom is -0.357 e. The molecule has 2 N–H and O–H groups in total. The second-order valence-electron chi connectivity index (χ2n) is 6.66. The Hall–Kier alpha value is -1.62. The van der Waals surface area contributed by atoms with E-state index in [0.717, 1.165) is 50.0 Å². The second-order valence-corrected chi connectivity index (χ2v) is 6.66. The van der Waals surface area contributed by atoms with E-state index in [4.69, 9.17) is 4.99 Å². The Balaban J connectivity index is 1.66. The number of guanidine groups is 1. The number of nitrogens with one attached hydrogen (secondary N) is 2. The summed E-state index contributed by atoms with van der Waals surface area (Å²) in [6, 6.07) is 6.04. The summed E-state index contributed by atoms with van der Waals surface area (Å²) in [4.78, 5) is 11.6. The highest BCUT2D eigenvalue weighted by Crippen LogP contribution is 2.15. The molecular formula is C19H33N5. The Labute approximate surface area is 147 Å². The fourth-order valence-electron chi connectivity index (χ4n) is 3.17. The number of aromatic nitrogens is 1. The maximum absolute atomic E-state index is 4.70. The second kappa shape index (κ2) is 11.0. The molecule has 0 aromatic carbocycles. The molecule has 1 aliphatic heterocycles. The van der Waals surface area contributed by atoms with Gasteiger partial charge in [-0.1, -0.05) is 13.0 Å². The van der Waals surface area contributed by atoms with Crippen molar-refractivity contribution in [2.24, 2.45) is 10.9 Å². The molecule has 0 spiro atoms. The predicted octanol–water partition coefficient (Wildman–Crippen LogP) is 2.30. The molecule has 134 valence electrons. The summed E-state index contributed by atoms with van der Waals surface area (Å²) in [7, 11) is 0. The van der Waals surface area contributed by atoms with Crippen LogP contribution in [0, 0.1) is 5.92 Å². The predicted molar refractivity (Wildman–Crippen MR) is 101 cm³/mol. The maximum Gasteiger partial charge on any atom is 0.191 e. The highest BCUT2D eigenvalue weighted by Gasteiger charge is 2.15. The number of pyridine rings is 1. The number of rotatable bonds is 8. The summed E-state index contributed by atoms with van der Waals surface area (Å²) in [5.74, 6) is 1.77. The smallest absolute Gasteiger partial charge is 0.191 e. The molecule has 1 fully saturated rings. The van der Waals surface area contributed by atoms with Crippen molar-refractivity contribution in [3.63, 3.8) is 0 Å². The summed E-state index contributed by atoms with van der Waals surface area (Å²) in [5.41, 5.74) is 1.11. The normalized spacial score (nSPS) is 19.2. The minimum atomic E-state index is 0.854. The van der Waals surface area contributed by atoms with Crippen molar-refractivity contribution >= 4 is 5.96 Å². The molecule has 1 aliphatic rings. The third kappa shape index (κ3) is 7.30. The van der Waals surface area contributed by atoms with Gasteiger partial charge < -0.3 is 15.5 Å². The van der Waals surface area contributed by atoms with E-state index in [1.165, 1.54) is 32.5 Å². The zero-order chi connectivity index (χ0) is 17.0. The van der Waals surface area contributed by atoms with Gasteiger partial charge in [0.25, 0.3) is 0 Å². The van der Waals surface area contributed by atoms with Gasteiger partial charge in [-0.3, -0.25) is 9.98 Å². The van der Waals surface area contributed by atoms with Crippen LogP contribution in [0.3, 0.4) is 0 Å². The van der Waals surface area contributed by atoms with Crippen LogP contribution in [-0.4, -0.2) is 55.1 Å². The van der Waals surface area contributed by atoms with Gasteiger partial charge in [-0.15, -0.1) is 0 Å². The van der Waals surface area contributed by atoms with E-state index < -0.39 is 0 Å². The first kappa shape index (κ1) is 18.7. The van der Waals surface area contributed by atoms with E-state index in [0.29, 0.717) is 0 Å². The zero-order valence-corrected chi connectivity index (χ0v) is 15.3. The van der Waals surface area contributed by atoms with E-state index in [9.17, 15) is 0 Å². The van der Waals surface area contributed by atoms with Gasteiger partial charge in [-0.05, 0) is 57.3 Å². The van der Waals surface area contributed by atoms with Crippen LogP contribution in [0.5, 0.6) is 0 Å². The summed E-state index contributed by atoms with van der Waals surface area (Å²) in [6.45, 7) is 10.8. The third-order valence-corrected chi connectivity index (χ3v) is 4.39. The first-order valence-corrected chi connectivity index (χ1v) is 9.42. The molecule has 0 amide bonds. The van der Waals surface area contributed by atoms with Crippen LogP contribution in [0.2, 0.25) is 0 Å². The maximum atomic E-state index is 4.70. The zero-order valence-electron chi connectivity index (χ0n) is 15.3. The van der Waals surface area contributed by atoms with Gasteiger partial charge in [-0.25, -0.2) is 0 Å². The van der Waals surface area contributed by atoms with E-state index in [2.05, 4.69) is 40.4 Å². The quantitative estimate of drug-likeness (QED) is 0.436. The number of hydrogen-bond acceptors (Lipinski definition) is 3. The molecule has 1 aromatic rings. The van der Waals surface area contributed by atoms with Gasteiger partial charge in [0.2, 0.25) is 0 Å². The first-order chi connectivity index (χ1) is 11.8. The van der Waals surface area contributed by atoms with Gasteiger partial charge in [0.1, 0.15) is 0 Å². The van der Waals surface area contributed by atoms with Crippen molar-refractivity contribution < 1.29 is 0 Å². The highest BCUT2D eigenvalue weighted by molar-refractivity contribution is 5.79. The topological polar surface area (TPSA) is 52.6 Å². The molecule has 0 bridgehead atoms. The SMILES string of the molecule is CCNC(=NCCCN1CCCC(C)C1)NCCc1ccccn1. The van der Waals surface area contributed by atoms with Gasteiger partial charge >= 0.3 is 0 Å². The molecule has 1 unspecified atom stereocenters. The van der Waals surface area contributed by atoms with Crippen LogP contribution < -0.4 is 10.6 Å². The van der Waals surface area contributed by atoms with Crippen molar-refractivity contribution in [3.8, 4) is 0 Å². The molecule has 2 heterocycles. The average molecular weight is 332 g/mol. The van der Waals surface area contributed by atoms with Crippen LogP contribution >= 0.6 is 0 Å². The molecule has 5 heteroatoms. The highest BCUT2D eigenvalue weighted by atomic mass is 15.2. The van der Waals surface area contributed by atoms with Crippen LogP contribution in [0.25, 0.3) is 0 Å². The van der Waals surface area contributed by atoms with Gasteiger partial charge in [0, 0.05) is 44.5 Å². The monoisotopic (exact) mass is 331 g/mol. The van der Waals surface area contributed by atoms with Gasteiger partial charge in [-0.2, -0.15) is 0 Å². The number of nitrogens with zero attached hydrogens (tertiary/aromatic N) is 3. The van der Waals surface area contributed by atoms with Crippen molar-refractivity contribution in [2.75, 3.05) is 39.3 Å². The molecular weight excluding hydrogens is 298 g/mol. The lowest BCUT2D eigenvalue weighted by molar-refractivity contribution is 0.183. The van der Waals surface area contributed by atoms with Crippen molar-refractivity contribution in [3.05, 3.63) is 30.1 Å². The first-order valence-electron chi connectivity index (χ1n) is 9.42. The largest absolute Gasteiger partial charge is 0.357 e. The molecule has 0 saturated carbocycles. The minimum absolute atomic E-state index is 0.854.